The molecular weight excluding hydrogens is 675 g/mol. The van der Waals surface area contributed by atoms with Crippen LogP contribution in [0.5, 0.6) is 11.8 Å². The lowest BCUT2D eigenvalue weighted by atomic mass is 10.0. The number of rotatable bonds is 14. The van der Waals surface area contributed by atoms with Crippen molar-refractivity contribution in [2.45, 2.75) is 50.5 Å². The van der Waals surface area contributed by atoms with Gasteiger partial charge in [-0.3, -0.25) is 9.35 Å². The number of sulfonamides is 1. The number of unbranched alkanes of at least 4 members (excludes halogenated alkanes) is 2. The summed E-state index contributed by atoms with van der Waals surface area (Å²) >= 11 is 0. The second-order valence-corrected chi connectivity index (χ2v) is 14.9. The number of pyridine rings is 1. The van der Waals surface area contributed by atoms with Crippen molar-refractivity contribution in [1.82, 2.24) is 9.04 Å². The maximum Gasteiger partial charge on any atom is 0.333 e. The standard InChI is InChI=1S/C34H35N3O10S2/c1-24-15-17-25(18-16-24)49(45,46)36(22-8-2-3-14-32(40)47-37-30(38)19-20-31(37)39)34(41)33-26-10-4-6-12-28(26)35(21-9-23-48(42,43)44)29-13-7-5-11-27(29)33/h4-7,10-13,15-20H,2-3,8-9,14,21-23H2,1H3,(H2,41,42,43,44)/p+1. The average Bonchev–Trinajstić information content (AvgIpc) is 3.37. The van der Waals surface area contributed by atoms with Crippen LogP contribution in [0.4, 0.5) is 0 Å². The first-order valence-electron chi connectivity index (χ1n) is 15.5. The molecule has 0 radical (unpaired) electrons. The minimum atomic E-state index is -4.36. The summed E-state index contributed by atoms with van der Waals surface area (Å²) in [4.78, 5) is 31.8. The molecule has 2 aromatic heterocycles. The fraction of sp³-hybridized carbons (Fsp3) is 0.265. The van der Waals surface area contributed by atoms with Crippen LogP contribution in [0.2, 0.25) is 0 Å². The quantitative estimate of drug-likeness (QED) is 0.0656. The third-order valence-corrected chi connectivity index (χ3v) is 10.6. The Balaban J connectivity index is 1.47. The van der Waals surface area contributed by atoms with E-state index < -0.39 is 49.5 Å². The van der Waals surface area contributed by atoms with E-state index in [1.54, 1.807) is 60.7 Å². The predicted octanol–water partition coefficient (Wildman–Crippen LogP) is 4.13. The highest BCUT2D eigenvalue weighted by molar-refractivity contribution is 7.89. The molecule has 5 aromatic rings. The van der Waals surface area contributed by atoms with Crippen LogP contribution in [-0.2, 0) is 31.5 Å². The molecule has 2 heterocycles. The Hall–Kier alpha value is -4.99. The topological polar surface area (TPSA) is 184 Å². The summed E-state index contributed by atoms with van der Waals surface area (Å²) in [6.45, 7) is 1.82. The number of aromatic hydroxyl groups is 2. The molecule has 13 nitrogen and oxygen atoms in total. The van der Waals surface area contributed by atoms with Gasteiger partial charge in [-0.25, -0.2) is 17.5 Å². The van der Waals surface area contributed by atoms with E-state index in [-0.39, 0.29) is 49.2 Å². The molecule has 1 amide bonds. The molecule has 15 heteroatoms. The molecule has 0 bridgehead atoms. The second-order valence-electron chi connectivity index (χ2n) is 11.5. The van der Waals surface area contributed by atoms with E-state index in [1.165, 1.54) is 12.1 Å². The smallest absolute Gasteiger partial charge is 0.333 e. The number of nitrogens with zero attached hydrogens (tertiary/aromatic N) is 3. The van der Waals surface area contributed by atoms with Crippen molar-refractivity contribution in [3.8, 4) is 11.8 Å². The molecule has 0 fully saturated rings. The molecule has 0 saturated heterocycles. The highest BCUT2D eigenvalue weighted by Crippen LogP contribution is 2.29. The van der Waals surface area contributed by atoms with E-state index in [0.717, 1.165) is 22.0 Å². The summed E-state index contributed by atoms with van der Waals surface area (Å²) in [5, 5.41) is 20.3. The number of fused-ring (bicyclic) bond motifs is 2. The lowest BCUT2D eigenvalue weighted by Gasteiger charge is -2.24. The number of carbonyl (C=O) groups is 2. The minimum absolute atomic E-state index is 0.0637. The van der Waals surface area contributed by atoms with Crippen molar-refractivity contribution >= 4 is 53.8 Å². The fourth-order valence-electron chi connectivity index (χ4n) is 5.63. The maximum absolute atomic E-state index is 14.6. The molecule has 0 atom stereocenters. The molecule has 0 unspecified atom stereocenters. The van der Waals surface area contributed by atoms with E-state index in [2.05, 4.69) is 0 Å². The van der Waals surface area contributed by atoms with Crippen LogP contribution in [0.15, 0.2) is 89.8 Å². The van der Waals surface area contributed by atoms with Gasteiger partial charge in [0.05, 0.1) is 27.0 Å². The van der Waals surface area contributed by atoms with Gasteiger partial charge < -0.3 is 15.1 Å². The molecule has 0 spiro atoms. The SMILES string of the molecule is Cc1ccc(S(=O)(=O)N(CCCCCC(=O)On2c(O)ccc2O)C(=O)c2c3ccccc3[n+](CCCS(=O)(=O)O)c3ccccc23)cc1. The van der Waals surface area contributed by atoms with Crippen LogP contribution in [0, 0.1) is 6.92 Å². The van der Waals surface area contributed by atoms with E-state index in [9.17, 15) is 41.2 Å². The Labute approximate surface area is 283 Å². The summed E-state index contributed by atoms with van der Waals surface area (Å²) in [6, 6.07) is 22.4. The predicted molar refractivity (Wildman–Crippen MR) is 180 cm³/mol. The minimum Gasteiger partial charge on any atom is -0.492 e. The Morgan fingerprint density at radius 1 is 0.776 bits per heavy atom. The summed E-state index contributed by atoms with van der Waals surface area (Å²) < 4.78 is 63.8. The zero-order valence-electron chi connectivity index (χ0n) is 26.6. The molecule has 0 aliphatic rings. The van der Waals surface area contributed by atoms with Crippen molar-refractivity contribution in [3.05, 3.63) is 96.1 Å². The first-order valence-corrected chi connectivity index (χ1v) is 18.6. The van der Waals surface area contributed by atoms with Gasteiger partial charge in [-0.15, -0.1) is 4.73 Å². The van der Waals surface area contributed by atoms with E-state index in [4.69, 9.17) is 4.84 Å². The summed E-state index contributed by atoms with van der Waals surface area (Å²) in [7, 11) is -8.56. The number of para-hydroxylation sites is 2. The molecule has 258 valence electrons. The maximum atomic E-state index is 14.6. The van der Waals surface area contributed by atoms with Crippen LogP contribution in [0.25, 0.3) is 21.8 Å². The third kappa shape index (κ3) is 8.01. The normalized spacial score (nSPS) is 12.0. The summed E-state index contributed by atoms with van der Waals surface area (Å²) in [5.74, 6) is -2.84. The van der Waals surface area contributed by atoms with E-state index in [0.29, 0.717) is 33.0 Å². The van der Waals surface area contributed by atoms with Crippen LogP contribution in [-0.4, -0.2) is 64.8 Å². The fourth-order valence-corrected chi connectivity index (χ4v) is 7.54. The molecular formula is C34H36N3O10S2+. The molecule has 0 aliphatic heterocycles. The first kappa shape index (κ1) is 35.3. The number of hydrogen-bond donors (Lipinski definition) is 3. The lowest BCUT2D eigenvalue weighted by molar-refractivity contribution is -0.645. The number of benzene rings is 3. The molecule has 0 aliphatic carbocycles. The molecule has 49 heavy (non-hydrogen) atoms. The van der Waals surface area contributed by atoms with Gasteiger partial charge in [-0.05, 0) is 44.0 Å². The molecule has 3 aromatic carbocycles. The van der Waals surface area contributed by atoms with Gasteiger partial charge in [0.1, 0.15) is 0 Å². The van der Waals surface area contributed by atoms with Crippen LogP contribution in [0.1, 0.15) is 48.0 Å². The number of aromatic nitrogens is 2. The van der Waals surface area contributed by atoms with Crippen molar-refractivity contribution in [3.63, 3.8) is 0 Å². The Bertz CT molecular complexity index is 2160. The highest BCUT2D eigenvalue weighted by Gasteiger charge is 2.34. The largest absolute Gasteiger partial charge is 0.492 e. The van der Waals surface area contributed by atoms with Crippen molar-refractivity contribution in [1.29, 1.82) is 0 Å². The van der Waals surface area contributed by atoms with Crippen LogP contribution >= 0.6 is 0 Å². The zero-order chi connectivity index (χ0) is 35.3. The highest BCUT2D eigenvalue weighted by atomic mass is 32.2. The molecule has 0 saturated carbocycles. The average molecular weight is 711 g/mol. The first-order chi connectivity index (χ1) is 23.3. The Morgan fingerprint density at radius 3 is 1.92 bits per heavy atom. The number of carbonyl (C=O) groups excluding carboxylic acids is 2. The zero-order valence-corrected chi connectivity index (χ0v) is 28.2. The van der Waals surface area contributed by atoms with Crippen LogP contribution in [0.3, 0.4) is 0 Å². The van der Waals surface area contributed by atoms with E-state index >= 15 is 0 Å². The van der Waals surface area contributed by atoms with Gasteiger partial charge in [0.2, 0.25) is 22.8 Å². The van der Waals surface area contributed by atoms with Gasteiger partial charge in [-0.2, -0.15) is 13.0 Å². The molecule has 3 N–H and O–H groups in total. The van der Waals surface area contributed by atoms with Crippen molar-refractivity contribution in [2.24, 2.45) is 0 Å². The van der Waals surface area contributed by atoms with Gasteiger partial charge >= 0.3 is 5.97 Å². The Kier molecular flexibility index (Phi) is 10.6. The third-order valence-electron chi connectivity index (χ3n) is 7.99. The summed E-state index contributed by atoms with van der Waals surface area (Å²) in [6.07, 6.45) is 0.828. The number of hydrogen-bond acceptors (Lipinski definition) is 9. The monoisotopic (exact) mass is 710 g/mol. The lowest BCUT2D eigenvalue weighted by Crippen LogP contribution is -2.40. The van der Waals surface area contributed by atoms with Gasteiger partial charge in [-0.1, -0.05) is 48.4 Å². The second kappa shape index (κ2) is 14.6. The van der Waals surface area contributed by atoms with Crippen molar-refractivity contribution < 1.29 is 50.6 Å². The van der Waals surface area contributed by atoms with Crippen molar-refractivity contribution in [2.75, 3.05) is 12.3 Å². The van der Waals surface area contributed by atoms with Crippen LogP contribution < -0.4 is 9.40 Å². The van der Waals surface area contributed by atoms with Gasteiger partial charge in [0, 0.05) is 43.7 Å². The van der Waals surface area contributed by atoms with Gasteiger partial charge in [0.15, 0.2) is 6.54 Å². The molecule has 5 rings (SSSR count). The van der Waals surface area contributed by atoms with E-state index in [1.807, 2.05) is 11.5 Å². The Morgan fingerprint density at radius 2 is 1.35 bits per heavy atom. The number of aryl methyl sites for hydroxylation is 2. The summed E-state index contributed by atoms with van der Waals surface area (Å²) in [5.41, 5.74) is 2.14. The number of amides is 1. The van der Waals surface area contributed by atoms with Gasteiger partial charge in [0.25, 0.3) is 26.0 Å².